The Hall–Kier alpha value is -4.37. The summed E-state index contributed by atoms with van der Waals surface area (Å²) >= 11 is 6.22. The minimum Gasteiger partial charge on any atom is -0.497 e. The van der Waals surface area contributed by atoms with Crippen LogP contribution in [0.5, 0.6) is 17.2 Å². The molecular weight excluding hydrogens is 494 g/mol. The number of benzene rings is 3. The molecule has 0 saturated carbocycles. The highest BCUT2D eigenvalue weighted by atomic mass is 35.5. The molecular formula is C27H24ClN5O4. The predicted octanol–water partition coefficient (Wildman–Crippen LogP) is 5.36. The van der Waals surface area contributed by atoms with Gasteiger partial charge in [0.15, 0.2) is 11.5 Å². The fourth-order valence-corrected chi connectivity index (χ4v) is 4.51. The number of nitrogens with one attached hydrogen (secondary N) is 1. The molecule has 9 nitrogen and oxygen atoms in total. The van der Waals surface area contributed by atoms with Crippen LogP contribution < -0.4 is 19.5 Å². The number of hydrazone groups is 1. The van der Waals surface area contributed by atoms with E-state index in [4.69, 9.17) is 25.8 Å². The number of halogens is 1. The van der Waals surface area contributed by atoms with Crippen LogP contribution in [0, 0.1) is 0 Å². The lowest BCUT2D eigenvalue weighted by Gasteiger charge is -2.17. The highest BCUT2D eigenvalue weighted by Gasteiger charge is 2.28. The summed E-state index contributed by atoms with van der Waals surface area (Å²) in [6.45, 7) is 0. The van der Waals surface area contributed by atoms with Crippen molar-refractivity contribution in [3.63, 3.8) is 0 Å². The van der Waals surface area contributed by atoms with Crippen LogP contribution >= 0.6 is 11.6 Å². The molecule has 0 bridgehead atoms. The van der Waals surface area contributed by atoms with Gasteiger partial charge in [0, 0.05) is 23.6 Å². The van der Waals surface area contributed by atoms with Crippen LogP contribution in [-0.2, 0) is 4.79 Å². The van der Waals surface area contributed by atoms with E-state index < -0.39 is 0 Å². The topological polar surface area (TPSA) is 98.2 Å². The smallest absolute Gasteiger partial charge is 0.230 e. The van der Waals surface area contributed by atoms with Crippen molar-refractivity contribution in [2.45, 2.75) is 12.5 Å². The van der Waals surface area contributed by atoms with E-state index in [2.05, 4.69) is 20.4 Å². The van der Waals surface area contributed by atoms with E-state index in [9.17, 15) is 4.79 Å². The Morgan fingerprint density at radius 3 is 2.43 bits per heavy atom. The monoisotopic (exact) mass is 517 g/mol. The number of ether oxygens (including phenoxy) is 3. The Morgan fingerprint density at radius 1 is 0.973 bits per heavy atom. The molecule has 4 aromatic rings. The van der Waals surface area contributed by atoms with E-state index in [-0.39, 0.29) is 11.3 Å². The summed E-state index contributed by atoms with van der Waals surface area (Å²) in [5.74, 6) is 2.37. The van der Waals surface area contributed by atoms with Gasteiger partial charge >= 0.3 is 0 Å². The average Bonchev–Trinajstić information content (AvgIpc) is 3.37. The molecule has 0 fully saturated rings. The van der Waals surface area contributed by atoms with Crippen LogP contribution in [0.15, 0.2) is 65.8 Å². The first-order valence-electron chi connectivity index (χ1n) is 11.4. The Kier molecular flexibility index (Phi) is 6.78. The maximum atomic E-state index is 11.8. The molecule has 0 saturated heterocycles. The van der Waals surface area contributed by atoms with Gasteiger partial charge in [-0.15, -0.1) is 0 Å². The molecule has 5 rings (SSSR count). The van der Waals surface area contributed by atoms with Gasteiger partial charge in [-0.3, -0.25) is 4.79 Å². The first-order valence-corrected chi connectivity index (χ1v) is 11.8. The van der Waals surface area contributed by atoms with E-state index >= 15 is 0 Å². The number of rotatable bonds is 8. The minimum absolute atomic E-state index is 0.0995. The molecule has 0 aliphatic carbocycles. The molecule has 1 amide bonds. The number of anilines is 2. The number of hydrogen-bond donors (Lipinski definition) is 1. The van der Waals surface area contributed by atoms with Crippen molar-refractivity contribution in [2.75, 3.05) is 26.6 Å². The molecule has 2 heterocycles. The predicted molar refractivity (Wildman–Crippen MR) is 142 cm³/mol. The van der Waals surface area contributed by atoms with E-state index in [0.29, 0.717) is 29.3 Å². The van der Waals surface area contributed by atoms with Crippen LogP contribution in [-0.4, -0.2) is 48.4 Å². The first kappa shape index (κ1) is 24.3. The molecule has 1 aliphatic rings. The zero-order valence-corrected chi connectivity index (χ0v) is 21.2. The van der Waals surface area contributed by atoms with Gasteiger partial charge in [0.25, 0.3) is 0 Å². The zero-order valence-electron chi connectivity index (χ0n) is 20.4. The van der Waals surface area contributed by atoms with Gasteiger partial charge in [-0.25, -0.2) is 9.99 Å². The molecule has 1 N–H and O–H groups in total. The van der Waals surface area contributed by atoms with Gasteiger partial charge < -0.3 is 19.5 Å². The van der Waals surface area contributed by atoms with Gasteiger partial charge in [0.05, 0.1) is 38.6 Å². The van der Waals surface area contributed by atoms with E-state index in [1.807, 2.05) is 48.5 Å². The van der Waals surface area contributed by atoms with Crippen molar-refractivity contribution in [1.82, 2.24) is 15.0 Å². The van der Waals surface area contributed by atoms with Gasteiger partial charge in [0.2, 0.25) is 11.7 Å². The van der Waals surface area contributed by atoms with Gasteiger partial charge in [0.1, 0.15) is 11.6 Å². The van der Waals surface area contributed by atoms with Crippen molar-refractivity contribution in [2.24, 2.45) is 5.10 Å². The van der Waals surface area contributed by atoms with E-state index in [0.717, 1.165) is 40.1 Å². The minimum atomic E-state index is -0.193. The standard InChI is InChI=1S/C27H24ClN5O4/c1-35-19-9-7-16(8-10-19)23-13-21(32-33(23)15-34)17-5-4-6-18(11-17)29-26-20-12-24(36-2)25(37-3)14-22(20)30-27(28)31-26/h4-12,14-15,23H,13H2,1-3H3,(H,29,30,31). The van der Waals surface area contributed by atoms with Crippen LogP contribution in [0.2, 0.25) is 5.28 Å². The number of amides is 1. The fraction of sp³-hybridized carbons (Fsp3) is 0.185. The summed E-state index contributed by atoms with van der Waals surface area (Å²) < 4.78 is 16.1. The number of carbonyl (C=O) groups excluding carboxylic acids is 1. The Bertz CT molecular complexity index is 1490. The second-order valence-corrected chi connectivity index (χ2v) is 8.63. The molecule has 188 valence electrons. The Balaban J connectivity index is 1.44. The lowest BCUT2D eigenvalue weighted by molar-refractivity contribution is -0.119. The lowest BCUT2D eigenvalue weighted by Crippen LogP contribution is -2.17. The number of aromatic nitrogens is 2. The van der Waals surface area contributed by atoms with Crippen molar-refractivity contribution in [3.05, 3.63) is 77.1 Å². The summed E-state index contributed by atoms with van der Waals surface area (Å²) in [4.78, 5) is 20.5. The molecule has 1 unspecified atom stereocenters. The zero-order chi connectivity index (χ0) is 25.9. The van der Waals surface area contributed by atoms with Crippen LogP contribution in [0.3, 0.4) is 0 Å². The van der Waals surface area contributed by atoms with Crippen LogP contribution in [0.25, 0.3) is 10.9 Å². The van der Waals surface area contributed by atoms with Gasteiger partial charge in [-0.2, -0.15) is 10.1 Å². The average molecular weight is 518 g/mol. The quantitative estimate of drug-likeness (QED) is 0.248. The Labute approximate surface area is 218 Å². The molecule has 1 atom stereocenters. The first-order chi connectivity index (χ1) is 18.0. The second kappa shape index (κ2) is 10.3. The maximum absolute atomic E-state index is 11.8. The molecule has 1 aliphatic heterocycles. The number of fused-ring (bicyclic) bond motifs is 1. The SMILES string of the molecule is COc1ccc(C2CC(c3cccc(Nc4nc(Cl)nc5cc(OC)c(OC)cc45)c3)=NN2C=O)cc1. The summed E-state index contributed by atoms with van der Waals surface area (Å²) in [5.41, 5.74) is 4.05. The Morgan fingerprint density at radius 2 is 1.73 bits per heavy atom. The highest BCUT2D eigenvalue weighted by Crippen LogP contribution is 2.36. The summed E-state index contributed by atoms with van der Waals surface area (Å²) in [6, 6.07) is 18.8. The van der Waals surface area contributed by atoms with E-state index in [1.54, 1.807) is 33.5 Å². The molecule has 10 heteroatoms. The fourth-order valence-electron chi connectivity index (χ4n) is 4.33. The number of carbonyl (C=O) groups is 1. The highest BCUT2D eigenvalue weighted by molar-refractivity contribution is 6.29. The van der Waals surface area contributed by atoms with Crippen molar-refractivity contribution >= 4 is 46.1 Å². The molecule has 0 spiro atoms. The number of hydrogen-bond acceptors (Lipinski definition) is 8. The van der Waals surface area contributed by atoms with Crippen molar-refractivity contribution in [1.29, 1.82) is 0 Å². The number of methoxy groups -OCH3 is 3. The second-order valence-electron chi connectivity index (χ2n) is 8.30. The molecule has 1 aromatic heterocycles. The van der Waals surface area contributed by atoms with E-state index in [1.165, 1.54) is 5.01 Å². The molecule has 3 aromatic carbocycles. The summed E-state index contributed by atoms with van der Waals surface area (Å²) in [6.07, 6.45) is 1.33. The van der Waals surface area contributed by atoms with Crippen molar-refractivity contribution in [3.8, 4) is 17.2 Å². The lowest BCUT2D eigenvalue weighted by atomic mass is 9.98. The third kappa shape index (κ3) is 4.85. The normalized spacial score (nSPS) is 14.9. The largest absolute Gasteiger partial charge is 0.497 e. The maximum Gasteiger partial charge on any atom is 0.230 e. The summed E-state index contributed by atoms with van der Waals surface area (Å²) in [7, 11) is 4.76. The van der Waals surface area contributed by atoms with Gasteiger partial charge in [-0.1, -0.05) is 24.3 Å². The number of nitrogens with zero attached hydrogens (tertiary/aromatic N) is 4. The van der Waals surface area contributed by atoms with Crippen LogP contribution in [0.4, 0.5) is 11.5 Å². The molecule has 37 heavy (non-hydrogen) atoms. The third-order valence-electron chi connectivity index (χ3n) is 6.18. The molecule has 0 radical (unpaired) electrons. The third-order valence-corrected chi connectivity index (χ3v) is 6.35. The van der Waals surface area contributed by atoms with Crippen molar-refractivity contribution < 1.29 is 19.0 Å². The summed E-state index contributed by atoms with van der Waals surface area (Å²) in [5, 5.41) is 10.2. The van der Waals surface area contributed by atoms with Crippen LogP contribution in [0.1, 0.15) is 23.6 Å². The van der Waals surface area contributed by atoms with Gasteiger partial charge in [-0.05, 0) is 53.1 Å².